The Balaban J connectivity index is 2.48. The van der Waals surface area contributed by atoms with Crippen LogP contribution in [0.5, 0.6) is 5.75 Å². The van der Waals surface area contributed by atoms with Crippen LogP contribution < -0.4 is 10.1 Å². The highest BCUT2D eigenvalue weighted by molar-refractivity contribution is 6.32. The number of ether oxygens (including phenoxy) is 1. The zero-order valence-corrected chi connectivity index (χ0v) is 8.99. The maximum Gasteiger partial charge on any atom is 0.412 e. The zero-order chi connectivity index (χ0) is 11.3. The number of rotatable bonds is 3. The average molecular weight is 230 g/mol. The molecule has 5 heteroatoms. The van der Waals surface area contributed by atoms with E-state index in [-0.39, 0.29) is 6.54 Å². The first-order valence-corrected chi connectivity index (χ1v) is 4.85. The molecule has 82 valence electrons. The van der Waals surface area contributed by atoms with Gasteiger partial charge in [0.15, 0.2) is 5.75 Å². The topological polar surface area (TPSA) is 58.6 Å². The number of nitrogens with one attached hydrogen (secondary N) is 1. The van der Waals surface area contributed by atoms with Crippen LogP contribution in [-0.2, 0) is 0 Å². The number of carbonyl (C=O) groups excluding carboxylic acids is 1. The number of amides is 1. The van der Waals surface area contributed by atoms with Crippen molar-refractivity contribution < 1.29 is 14.6 Å². The van der Waals surface area contributed by atoms with E-state index in [1.165, 1.54) is 0 Å². The van der Waals surface area contributed by atoms with Crippen molar-refractivity contribution in [3.05, 3.63) is 29.3 Å². The molecule has 0 aliphatic heterocycles. The third-order valence-corrected chi connectivity index (χ3v) is 1.89. The smallest absolute Gasteiger partial charge is 0.409 e. The summed E-state index contributed by atoms with van der Waals surface area (Å²) in [6.45, 7) is 1.71. The number of benzene rings is 1. The Morgan fingerprint density at radius 3 is 2.87 bits per heavy atom. The van der Waals surface area contributed by atoms with E-state index in [1.807, 2.05) is 0 Å². The number of carbonyl (C=O) groups is 1. The molecule has 0 radical (unpaired) electrons. The Bertz CT molecular complexity index is 341. The van der Waals surface area contributed by atoms with Crippen LogP contribution in [0.2, 0.25) is 5.02 Å². The molecule has 0 saturated carbocycles. The number of hydrogen-bond acceptors (Lipinski definition) is 3. The molecule has 0 spiro atoms. The highest BCUT2D eigenvalue weighted by atomic mass is 35.5. The third-order valence-electron chi connectivity index (χ3n) is 1.58. The van der Waals surface area contributed by atoms with E-state index in [0.29, 0.717) is 10.8 Å². The van der Waals surface area contributed by atoms with Crippen molar-refractivity contribution in [1.29, 1.82) is 0 Å². The first kappa shape index (κ1) is 11.8. The summed E-state index contributed by atoms with van der Waals surface area (Å²) in [6, 6.07) is 6.66. The van der Waals surface area contributed by atoms with Crippen LogP contribution in [0.25, 0.3) is 0 Å². The molecule has 1 rings (SSSR count). The number of aliphatic hydroxyl groups excluding tert-OH is 1. The lowest BCUT2D eigenvalue weighted by Crippen LogP contribution is -2.32. The predicted molar refractivity (Wildman–Crippen MR) is 57.2 cm³/mol. The Kier molecular flexibility index (Phi) is 4.39. The fraction of sp³-hybridized carbons (Fsp3) is 0.300. The van der Waals surface area contributed by atoms with Gasteiger partial charge in [-0.3, -0.25) is 0 Å². The van der Waals surface area contributed by atoms with Crippen molar-refractivity contribution >= 4 is 17.7 Å². The Morgan fingerprint density at radius 1 is 1.60 bits per heavy atom. The van der Waals surface area contributed by atoms with Crippen molar-refractivity contribution in [3.8, 4) is 5.75 Å². The van der Waals surface area contributed by atoms with Crippen LogP contribution in [0.4, 0.5) is 4.79 Å². The minimum atomic E-state index is -0.635. The fourth-order valence-electron chi connectivity index (χ4n) is 0.894. The van der Waals surface area contributed by atoms with Crippen molar-refractivity contribution in [3.63, 3.8) is 0 Å². The summed E-state index contributed by atoms with van der Waals surface area (Å²) in [6.07, 6.45) is -1.24. The second-order valence-electron chi connectivity index (χ2n) is 3.05. The maximum absolute atomic E-state index is 11.2. The van der Waals surface area contributed by atoms with E-state index in [2.05, 4.69) is 5.32 Å². The molecule has 0 aliphatic carbocycles. The molecule has 1 atom stereocenters. The van der Waals surface area contributed by atoms with Crippen molar-refractivity contribution in [2.45, 2.75) is 13.0 Å². The standard InChI is InChI=1S/C10H12ClNO3/c1-7(13)6-12-10(14)15-9-5-3-2-4-8(9)11/h2-5,7,13H,6H2,1H3,(H,12,14). The Labute approximate surface area is 92.8 Å². The number of para-hydroxylation sites is 1. The summed E-state index contributed by atoms with van der Waals surface area (Å²) in [4.78, 5) is 11.2. The summed E-state index contributed by atoms with van der Waals surface area (Å²) in [7, 11) is 0. The lowest BCUT2D eigenvalue weighted by molar-refractivity contribution is 0.172. The summed E-state index contributed by atoms with van der Waals surface area (Å²) < 4.78 is 4.90. The van der Waals surface area contributed by atoms with Gasteiger partial charge in [0.25, 0.3) is 0 Å². The quantitative estimate of drug-likeness (QED) is 0.831. The molecule has 0 aromatic heterocycles. The third kappa shape index (κ3) is 4.18. The van der Waals surface area contributed by atoms with Crippen LogP contribution in [0.3, 0.4) is 0 Å². The van der Waals surface area contributed by atoms with E-state index in [4.69, 9.17) is 21.4 Å². The molecule has 1 unspecified atom stereocenters. The average Bonchev–Trinajstić information content (AvgIpc) is 2.18. The molecule has 2 N–H and O–H groups in total. The second-order valence-corrected chi connectivity index (χ2v) is 3.46. The van der Waals surface area contributed by atoms with E-state index >= 15 is 0 Å². The molecule has 0 bridgehead atoms. The predicted octanol–water partition coefficient (Wildman–Crippen LogP) is 1.81. The Morgan fingerprint density at radius 2 is 2.27 bits per heavy atom. The molecule has 1 aromatic rings. The molecule has 1 aromatic carbocycles. The summed E-state index contributed by atoms with van der Waals surface area (Å²) in [5.74, 6) is 0.294. The highest BCUT2D eigenvalue weighted by Crippen LogP contribution is 2.22. The molecular weight excluding hydrogens is 218 g/mol. The van der Waals surface area contributed by atoms with Crippen LogP contribution in [0.15, 0.2) is 24.3 Å². The first-order valence-electron chi connectivity index (χ1n) is 4.48. The highest BCUT2D eigenvalue weighted by Gasteiger charge is 2.07. The molecule has 0 saturated heterocycles. The van der Waals surface area contributed by atoms with Gasteiger partial charge in [0.2, 0.25) is 0 Å². The molecule has 1 amide bonds. The van der Waals surface area contributed by atoms with Crippen molar-refractivity contribution in [2.75, 3.05) is 6.54 Å². The van der Waals surface area contributed by atoms with Gasteiger partial charge in [0.1, 0.15) is 0 Å². The van der Waals surface area contributed by atoms with Crippen LogP contribution >= 0.6 is 11.6 Å². The minimum absolute atomic E-state index is 0.142. The largest absolute Gasteiger partial charge is 0.412 e. The molecule has 15 heavy (non-hydrogen) atoms. The molecule has 0 fully saturated rings. The fourth-order valence-corrected chi connectivity index (χ4v) is 1.07. The van der Waals surface area contributed by atoms with Gasteiger partial charge >= 0.3 is 6.09 Å². The van der Waals surface area contributed by atoms with Gasteiger partial charge in [-0.1, -0.05) is 23.7 Å². The van der Waals surface area contributed by atoms with E-state index < -0.39 is 12.2 Å². The number of hydrogen-bond donors (Lipinski definition) is 2. The van der Waals surface area contributed by atoms with Gasteiger partial charge in [-0.2, -0.15) is 0 Å². The van der Waals surface area contributed by atoms with Crippen molar-refractivity contribution in [1.82, 2.24) is 5.32 Å². The minimum Gasteiger partial charge on any atom is -0.409 e. The summed E-state index contributed by atoms with van der Waals surface area (Å²) in [5, 5.41) is 11.7. The van der Waals surface area contributed by atoms with Crippen LogP contribution in [-0.4, -0.2) is 23.8 Å². The summed E-state index contributed by atoms with van der Waals surface area (Å²) in [5.41, 5.74) is 0. The van der Waals surface area contributed by atoms with Gasteiger partial charge in [0, 0.05) is 6.54 Å². The lowest BCUT2D eigenvalue weighted by atomic mass is 10.3. The van der Waals surface area contributed by atoms with E-state index in [0.717, 1.165) is 0 Å². The van der Waals surface area contributed by atoms with Gasteiger partial charge in [-0.15, -0.1) is 0 Å². The second kappa shape index (κ2) is 5.58. The lowest BCUT2D eigenvalue weighted by Gasteiger charge is -2.08. The maximum atomic E-state index is 11.2. The molecule has 0 heterocycles. The summed E-state index contributed by atoms with van der Waals surface area (Å²) >= 11 is 5.78. The normalized spacial score (nSPS) is 11.9. The number of aliphatic hydroxyl groups is 1. The van der Waals surface area contributed by atoms with E-state index in [1.54, 1.807) is 31.2 Å². The van der Waals surface area contributed by atoms with Gasteiger partial charge in [0.05, 0.1) is 11.1 Å². The first-order chi connectivity index (χ1) is 7.09. The molecule has 4 nitrogen and oxygen atoms in total. The SMILES string of the molecule is CC(O)CNC(=O)Oc1ccccc1Cl. The van der Waals surface area contributed by atoms with Crippen LogP contribution in [0.1, 0.15) is 6.92 Å². The van der Waals surface area contributed by atoms with Crippen LogP contribution in [0, 0.1) is 0 Å². The van der Waals surface area contributed by atoms with Crippen molar-refractivity contribution in [2.24, 2.45) is 0 Å². The van der Waals surface area contributed by atoms with Gasteiger partial charge in [-0.05, 0) is 19.1 Å². The monoisotopic (exact) mass is 229 g/mol. The zero-order valence-electron chi connectivity index (χ0n) is 8.24. The van der Waals surface area contributed by atoms with Gasteiger partial charge in [-0.25, -0.2) is 4.79 Å². The Hall–Kier alpha value is -1.26. The number of halogens is 1. The molecule has 0 aliphatic rings. The van der Waals surface area contributed by atoms with Gasteiger partial charge < -0.3 is 15.2 Å². The molecular formula is C10H12ClNO3. The van der Waals surface area contributed by atoms with E-state index in [9.17, 15) is 4.79 Å².